The average molecular weight is 242 g/mol. The molecule has 2 aliphatic heterocycles. The molecule has 0 spiro atoms. The minimum atomic E-state index is -0.612. The first-order valence-corrected chi connectivity index (χ1v) is 5.92. The molecular formula is C11H18N2O4. The molecule has 2 rings (SSSR count). The van der Waals surface area contributed by atoms with Gasteiger partial charge in [0.25, 0.3) is 0 Å². The molecule has 2 N–H and O–H groups in total. The molecule has 2 heterocycles. The van der Waals surface area contributed by atoms with Crippen LogP contribution in [0.15, 0.2) is 0 Å². The molecule has 0 saturated carbocycles. The minimum Gasteiger partial charge on any atom is -0.381 e. The van der Waals surface area contributed by atoms with Gasteiger partial charge in [0.2, 0.25) is 11.8 Å². The normalized spacial score (nSPS) is 27.2. The van der Waals surface area contributed by atoms with Crippen LogP contribution in [-0.4, -0.2) is 55.7 Å². The van der Waals surface area contributed by atoms with Gasteiger partial charge in [0.05, 0.1) is 6.61 Å². The number of primary amides is 1. The predicted molar refractivity (Wildman–Crippen MR) is 59.1 cm³/mol. The van der Waals surface area contributed by atoms with Gasteiger partial charge in [-0.25, -0.2) is 0 Å². The van der Waals surface area contributed by atoms with E-state index in [4.69, 9.17) is 15.2 Å². The Morgan fingerprint density at radius 1 is 1.35 bits per heavy atom. The van der Waals surface area contributed by atoms with Gasteiger partial charge >= 0.3 is 0 Å². The van der Waals surface area contributed by atoms with Gasteiger partial charge in [0.15, 0.2) is 0 Å². The fraction of sp³-hybridized carbons (Fsp3) is 0.818. The summed E-state index contributed by atoms with van der Waals surface area (Å²) < 4.78 is 10.3. The first-order chi connectivity index (χ1) is 8.18. The maximum absolute atomic E-state index is 11.7. The summed E-state index contributed by atoms with van der Waals surface area (Å²) in [4.78, 5) is 24.6. The van der Waals surface area contributed by atoms with Crippen LogP contribution >= 0.6 is 0 Å². The van der Waals surface area contributed by atoms with Crippen molar-refractivity contribution in [3.63, 3.8) is 0 Å². The van der Waals surface area contributed by atoms with Crippen LogP contribution in [0.4, 0.5) is 0 Å². The van der Waals surface area contributed by atoms with Crippen molar-refractivity contribution in [1.29, 1.82) is 0 Å². The standard InChI is InChI=1S/C11H18N2O4/c12-11(15)9-6-17-7-10(14)13(9)5-8-1-3-16-4-2-8/h8-9H,1-7H2,(H2,12,15). The highest BCUT2D eigenvalue weighted by atomic mass is 16.5. The van der Waals surface area contributed by atoms with E-state index >= 15 is 0 Å². The molecule has 2 saturated heterocycles. The van der Waals surface area contributed by atoms with Gasteiger partial charge in [-0.2, -0.15) is 0 Å². The molecular weight excluding hydrogens is 224 g/mol. The number of ether oxygens (including phenoxy) is 2. The summed E-state index contributed by atoms with van der Waals surface area (Å²) in [6, 6.07) is -0.612. The molecule has 6 heteroatoms. The molecule has 0 bridgehead atoms. The number of nitrogens with two attached hydrogens (primary N) is 1. The van der Waals surface area contributed by atoms with Gasteiger partial charge in [-0.05, 0) is 18.8 Å². The van der Waals surface area contributed by atoms with Gasteiger partial charge in [0, 0.05) is 19.8 Å². The highest BCUT2D eigenvalue weighted by Crippen LogP contribution is 2.19. The van der Waals surface area contributed by atoms with E-state index < -0.39 is 11.9 Å². The van der Waals surface area contributed by atoms with Crippen molar-refractivity contribution in [1.82, 2.24) is 4.90 Å². The van der Waals surface area contributed by atoms with E-state index in [0.717, 1.165) is 26.1 Å². The van der Waals surface area contributed by atoms with Gasteiger partial charge < -0.3 is 20.1 Å². The van der Waals surface area contributed by atoms with Crippen LogP contribution in [0.1, 0.15) is 12.8 Å². The van der Waals surface area contributed by atoms with E-state index in [0.29, 0.717) is 12.5 Å². The summed E-state index contributed by atoms with van der Waals surface area (Å²) in [5, 5.41) is 0. The summed E-state index contributed by atoms with van der Waals surface area (Å²) in [6.07, 6.45) is 1.85. The van der Waals surface area contributed by atoms with Gasteiger partial charge in [-0.1, -0.05) is 0 Å². The monoisotopic (exact) mass is 242 g/mol. The molecule has 2 amide bonds. The molecule has 0 aliphatic carbocycles. The van der Waals surface area contributed by atoms with Crippen LogP contribution in [0.2, 0.25) is 0 Å². The predicted octanol–water partition coefficient (Wildman–Crippen LogP) is -0.874. The van der Waals surface area contributed by atoms with E-state index in [1.165, 1.54) is 0 Å². The molecule has 0 aromatic carbocycles. The Morgan fingerprint density at radius 2 is 2.06 bits per heavy atom. The molecule has 0 aromatic heterocycles. The minimum absolute atomic E-state index is 0.0486. The topological polar surface area (TPSA) is 81.9 Å². The number of carbonyl (C=O) groups excluding carboxylic acids is 2. The highest BCUT2D eigenvalue weighted by molar-refractivity contribution is 5.88. The van der Waals surface area contributed by atoms with E-state index in [-0.39, 0.29) is 19.1 Å². The van der Waals surface area contributed by atoms with Crippen LogP contribution in [-0.2, 0) is 19.1 Å². The summed E-state index contributed by atoms with van der Waals surface area (Å²) in [7, 11) is 0. The Hall–Kier alpha value is -1.14. The number of carbonyl (C=O) groups is 2. The lowest BCUT2D eigenvalue weighted by Gasteiger charge is -2.36. The third-order valence-electron chi connectivity index (χ3n) is 3.32. The number of amides is 2. The van der Waals surface area contributed by atoms with Gasteiger partial charge in [-0.3, -0.25) is 9.59 Å². The lowest BCUT2D eigenvalue weighted by molar-refractivity contribution is -0.155. The smallest absolute Gasteiger partial charge is 0.249 e. The van der Waals surface area contributed by atoms with E-state index in [9.17, 15) is 9.59 Å². The molecule has 17 heavy (non-hydrogen) atoms. The van der Waals surface area contributed by atoms with Crippen molar-refractivity contribution in [2.75, 3.05) is 33.0 Å². The number of rotatable bonds is 3. The number of hydrogen-bond acceptors (Lipinski definition) is 4. The molecule has 2 aliphatic rings. The second-order valence-electron chi connectivity index (χ2n) is 4.54. The van der Waals surface area contributed by atoms with Crippen molar-refractivity contribution in [3.05, 3.63) is 0 Å². The van der Waals surface area contributed by atoms with Crippen molar-refractivity contribution >= 4 is 11.8 Å². The maximum Gasteiger partial charge on any atom is 0.249 e. The van der Waals surface area contributed by atoms with Crippen LogP contribution < -0.4 is 5.73 Å². The largest absolute Gasteiger partial charge is 0.381 e. The Morgan fingerprint density at radius 3 is 2.71 bits per heavy atom. The Bertz CT molecular complexity index is 302. The molecule has 6 nitrogen and oxygen atoms in total. The summed E-state index contributed by atoms with van der Waals surface area (Å²) in [5.41, 5.74) is 5.29. The number of hydrogen-bond donors (Lipinski definition) is 1. The van der Waals surface area contributed by atoms with Crippen molar-refractivity contribution in [3.8, 4) is 0 Å². The molecule has 1 atom stereocenters. The third-order valence-corrected chi connectivity index (χ3v) is 3.32. The highest BCUT2D eigenvalue weighted by Gasteiger charge is 2.34. The summed E-state index contributed by atoms with van der Waals surface area (Å²) in [5.74, 6) is -0.246. The van der Waals surface area contributed by atoms with Crippen LogP contribution in [0.3, 0.4) is 0 Å². The fourth-order valence-corrected chi connectivity index (χ4v) is 2.28. The van der Waals surface area contributed by atoms with Crippen LogP contribution in [0.5, 0.6) is 0 Å². The molecule has 0 aromatic rings. The lowest BCUT2D eigenvalue weighted by Crippen LogP contribution is -2.56. The molecule has 2 fully saturated rings. The Balaban J connectivity index is 1.98. The first kappa shape index (κ1) is 12.3. The third kappa shape index (κ3) is 2.95. The van der Waals surface area contributed by atoms with Crippen LogP contribution in [0.25, 0.3) is 0 Å². The van der Waals surface area contributed by atoms with E-state index in [1.54, 1.807) is 4.90 Å². The van der Waals surface area contributed by atoms with E-state index in [1.807, 2.05) is 0 Å². The lowest BCUT2D eigenvalue weighted by atomic mass is 9.98. The zero-order chi connectivity index (χ0) is 12.3. The molecule has 1 unspecified atom stereocenters. The quantitative estimate of drug-likeness (QED) is 0.697. The molecule has 0 radical (unpaired) electrons. The SMILES string of the molecule is NC(=O)C1COCC(=O)N1CC1CCOCC1. The zero-order valence-corrected chi connectivity index (χ0v) is 9.76. The second kappa shape index (κ2) is 5.46. The van der Waals surface area contributed by atoms with Crippen molar-refractivity contribution in [2.45, 2.75) is 18.9 Å². The first-order valence-electron chi connectivity index (χ1n) is 5.92. The zero-order valence-electron chi connectivity index (χ0n) is 9.76. The van der Waals surface area contributed by atoms with Crippen molar-refractivity contribution in [2.24, 2.45) is 11.7 Å². The number of nitrogens with zero attached hydrogens (tertiary/aromatic N) is 1. The number of morpholine rings is 1. The van der Waals surface area contributed by atoms with E-state index in [2.05, 4.69) is 0 Å². The second-order valence-corrected chi connectivity index (χ2v) is 4.54. The summed E-state index contributed by atoms with van der Waals surface area (Å²) >= 11 is 0. The molecule has 96 valence electrons. The van der Waals surface area contributed by atoms with Crippen molar-refractivity contribution < 1.29 is 19.1 Å². The summed E-state index contributed by atoms with van der Waals surface area (Å²) in [6.45, 7) is 2.30. The van der Waals surface area contributed by atoms with Gasteiger partial charge in [0.1, 0.15) is 12.6 Å². The fourth-order valence-electron chi connectivity index (χ4n) is 2.28. The average Bonchev–Trinajstić information content (AvgIpc) is 2.33. The van der Waals surface area contributed by atoms with Gasteiger partial charge in [-0.15, -0.1) is 0 Å². The van der Waals surface area contributed by atoms with Crippen LogP contribution in [0, 0.1) is 5.92 Å². The Kier molecular flexibility index (Phi) is 3.96. The maximum atomic E-state index is 11.7. The Labute approximate surface area is 100 Å².